The van der Waals surface area contributed by atoms with Crippen LogP contribution in [0.15, 0.2) is 53.0 Å². The predicted molar refractivity (Wildman–Crippen MR) is 68.9 cm³/mol. The standard InChI is InChI=1S/C13H9BrF3N/c14-12-7-6-10(8-11(12)13(15,16)17)18-9-4-2-1-3-5-9/h1-8,18H. The van der Waals surface area contributed by atoms with Crippen LogP contribution in [0.5, 0.6) is 0 Å². The van der Waals surface area contributed by atoms with E-state index in [-0.39, 0.29) is 4.47 Å². The molecule has 0 saturated heterocycles. The lowest BCUT2D eigenvalue weighted by Crippen LogP contribution is -2.06. The molecule has 1 nitrogen and oxygen atoms in total. The van der Waals surface area contributed by atoms with Crippen molar-refractivity contribution in [3.63, 3.8) is 0 Å². The molecule has 0 aromatic heterocycles. The molecule has 5 heteroatoms. The highest BCUT2D eigenvalue weighted by atomic mass is 79.9. The number of anilines is 2. The molecule has 0 atom stereocenters. The van der Waals surface area contributed by atoms with Crippen molar-refractivity contribution in [3.05, 3.63) is 58.6 Å². The summed E-state index contributed by atoms with van der Waals surface area (Å²) in [5.41, 5.74) is 0.452. The topological polar surface area (TPSA) is 12.0 Å². The second kappa shape index (κ2) is 5.02. The van der Waals surface area contributed by atoms with Gasteiger partial charge in [-0.05, 0) is 30.3 Å². The van der Waals surface area contributed by atoms with Crippen molar-refractivity contribution in [1.29, 1.82) is 0 Å². The van der Waals surface area contributed by atoms with Crippen LogP contribution in [0.3, 0.4) is 0 Å². The summed E-state index contributed by atoms with van der Waals surface area (Å²) in [6, 6.07) is 13.1. The van der Waals surface area contributed by atoms with Crippen molar-refractivity contribution in [3.8, 4) is 0 Å². The third-order valence-corrected chi connectivity index (χ3v) is 3.03. The minimum absolute atomic E-state index is 0.0358. The first-order valence-corrected chi connectivity index (χ1v) is 5.95. The SMILES string of the molecule is FC(F)(F)c1cc(Nc2ccccc2)ccc1Br. The molecule has 0 amide bonds. The van der Waals surface area contributed by atoms with E-state index in [2.05, 4.69) is 21.2 Å². The van der Waals surface area contributed by atoms with Gasteiger partial charge in [-0.25, -0.2) is 0 Å². The van der Waals surface area contributed by atoms with Crippen LogP contribution in [0.2, 0.25) is 0 Å². The first-order valence-electron chi connectivity index (χ1n) is 5.15. The predicted octanol–water partition coefficient (Wildman–Crippen LogP) is 5.21. The van der Waals surface area contributed by atoms with Crippen LogP contribution in [0, 0.1) is 0 Å². The Labute approximate surface area is 111 Å². The second-order valence-corrected chi connectivity index (χ2v) is 4.54. The minimum atomic E-state index is -4.37. The quantitative estimate of drug-likeness (QED) is 0.802. The summed E-state index contributed by atoms with van der Waals surface area (Å²) in [7, 11) is 0. The average Bonchev–Trinajstić information content (AvgIpc) is 2.31. The first-order chi connectivity index (χ1) is 8.47. The second-order valence-electron chi connectivity index (χ2n) is 3.68. The van der Waals surface area contributed by atoms with E-state index < -0.39 is 11.7 Å². The molecular weight excluding hydrogens is 307 g/mol. The van der Waals surface area contributed by atoms with E-state index in [9.17, 15) is 13.2 Å². The Balaban J connectivity index is 2.31. The van der Waals surface area contributed by atoms with Crippen LogP contribution in [-0.2, 0) is 6.18 Å². The number of nitrogens with one attached hydrogen (secondary N) is 1. The van der Waals surface area contributed by atoms with E-state index in [1.165, 1.54) is 6.07 Å². The number of alkyl halides is 3. The van der Waals surface area contributed by atoms with Gasteiger partial charge in [-0.2, -0.15) is 13.2 Å². The maximum Gasteiger partial charge on any atom is 0.417 e. The number of halogens is 4. The van der Waals surface area contributed by atoms with Crippen molar-refractivity contribution < 1.29 is 13.2 Å². The molecule has 0 fully saturated rings. The normalized spacial score (nSPS) is 11.3. The lowest BCUT2D eigenvalue weighted by atomic mass is 10.2. The molecule has 0 saturated carbocycles. The number of rotatable bonds is 2. The zero-order valence-corrected chi connectivity index (χ0v) is 10.7. The highest BCUT2D eigenvalue weighted by molar-refractivity contribution is 9.10. The van der Waals surface area contributed by atoms with E-state index in [1.807, 2.05) is 18.2 Å². The molecule has 0 spiro atoms. The molecule has 0 aliphatic carbocycles. The van der Waals surface area contributed by atoms with E-state index in [0.717, 1.165) is 11.8 Å². The molecule has 2 aromatic carbocycles. The highest BCUT2D eigenvalue weighted by Crippen LogP contribution is 2.36. The van der Waals surface area contributed by atoms with Gasteiger partial charge in [0.15, 0.2) is 0 Å². The molecule has 18 heavy (non-hydrogen) atoms. The van der Waals surface area contributed by atoms with Crippen LogP contribution in [0.4, 0.5) is 24.5 Å². The number of hydrogen-bond donors (Lipinski definition) is 1. The Hall–Kier alpha value is -1.49. The Morgan fingerprint density at radius 3 is 2.17 bits per heavy atom. The first kappa shape index (κ1) is 13.0. The summed E-state index contributed by atoms with van der Waals surface area (Å²) in [5, 5.41) is 2.92. The molecule has 0 radical (unpaired) electrons. The van der Waals surface area contributed by atoms with Gasteiger partial charge in [0.2, 0.25) is 0 Å². The molecule has 0 heterocycles. The summed E-state index contributed by atoms with van der Waals surface area (Å²) in [6.07, 6.45) is -4.37. The van der Waals surface area contributed by atoms with Gasteiger partial charge < -0.3 is 5.32 Å². The fourth-order valence-electron chi connectivity index (χ4n) is 1.51. The zero-order valence-electron chi connectivity index (χ0n) is 9.13. The maximum atomic E-state index is 12.7. The van der Waals surface area contributed by atoms with Crippen molar-refractivity contribution in [2.75, 3.05) is 5.32 Å². The van der Waals surface area contributed by atoms with Crippen LogP contribution in [-0.4, -0.2) is 0 Å². The van der Waals surface area contributed by atoms with Crippen LogP contribution in [0.25, 0.3) is 0 Å². The van der Waals surface area contributed by atoms with Gasteiger partial charge in [-0.15, -0.1) is 0 Å². The summed E-state index contributed by atoms with van der Waals surface area (Å²) < 4.78 is 38.2. The molecule has 0 aliphatic rings. The number of para-hydroxylation sites is 1. The van der Waals surface area contributed by atoms with Gasteiger partial charge in [0.1, 0.15) is 0 Å². The van der Waals surface area contributed by atoms with Crippen LogP contribution < -0.4 is 5.32 Å². The Kier molecular flexibility index (Phi) is 3.61. The lowest BCUT2D eigenvalue weighted by molar-refractivity contribution is -0.138. The Morgan fingerprint density at radius 1 is 0.889 bits per heavy atom. The minimum Gasteiger partial charge on any atom is -0.356 e. The van der Waals surface area contributed by atoms with Crippen molar-refractivity contribution in [2.24, 2.45) is 0 Å². The van der Waals surface area contributed by atoms with E-state index in [1.54, 1.807) is 18.2 Å². The molecule has 2 rings (SSSR count). The Bertz CT molecular complexity index is 538. The molecule has 2 aromatic rings. The molecular formula is C13H9BrF3N. The molecule has 0 unspecified atom stereocenters. The monoisotopic (exact) mass is 315 g/mol. The third-order valence-electron chi connectivity index (χ3n) is 2.33. The smallest absolute Gasteiger partial charge is 0.356 e. The van der Waals surface area contributed by atoms with Crippen molar-refractivity contribution in [2.45, 2.75) is 6.18 Å². The van der Waals surface area contributed by atoms with Gasteiger partial charge in [-0.3, -0.25) is 0 Å². The fraction of sp³-hybridized carbons (Fsp3) is 0.0769. The van der Waals surface area contributed by atoms with Gasteiger partial charge >= 0.3 is 6.18 Å². The van der Waals surface area contributed by atoms with E-state index in [0.29, 0.717) is 5.69 Å². The molecule has 1 N–H and O–H groups in total. The average molecular weight is 316 g/mol. The third kappa shape index (κ3) is 3.04. The van der Waals surface area contributed by atoms with Gasteiger partial charge in [-0.1, -0.05) is 34.1 Å². The van der Waals surface area contributed by atoms with Gasteiger partial charge in [0.05, 0.1) is 5.56 Å². The largest absolute Gasteiger partial charge is 0.417 e. The van der Waals surface area contributed by atoms with E-state index in [4.69, 9.17) is 0 Å². The summed E-state index contributed by atoms with van der Waals surface area (Å²) in [6.45, 7) is 0. The number of benzene rings is 2. The Morgan fingerprint density at radius 2 is 1.56 bits per heavy atom. The molecule has 94 valence electrons. The maximum absolute atomic E-state index is 12.7. The van der Waals surface area contributed by atoms with Crippen molar-refractivity contribution >= 4 is 27.3 Å². The summed E-state index contributed by atoms with van der Waals surface area (Å²) in [4.78, 5) is 0. The van der Waals surface area contributed by atoms with Gasteiger partial charge in [0.25, 0.3) is 0 Å². The van der Waals surface area contributed by atoms with Gasteiger partial charge in [0, 0.05) is 15.8 Å². The van der Waals surface area contributed by atoms with Crippen LogP contribution in [0.1, 0.15) is 5.56 Å². The summed E-state index contributed by atoms with van der Waals surface area (Å²) >= 11 is 2.90. The van der Waals surface area contributed by atoms with Crippen molar-refractivity contribution in [1.82, 2.24) is 0 Å². The summed E-state index contributed by atoms with van der Waals surface area (Å²) in [5.74, 6) is 0. The van der Waals surface area contributed by atoms with E-state index >= 15 is 0 Å². The fourth-order valence-corrected chi connectivity index (χ4v) is 1.98. The molecule has 0 bridgehead atoms. The van der Waals surface area contributed by atoms with Crippen LogP contribution >= 0.6 is 15.9 Å². The zero-order chi connectivity index (χ0) is 13.2. The highest BCUT2D eigenvalue weighted by Gasteiger charge is 2.33. The molecule has 0 aliphatic heterocycles. The number of hydrogen-bond acceptors (Lipinski definition) is 1. The lowest BCUT2D eigenvalue weighted by Gasteiger charge is -2.12.